The van der Waals surface area contributed by atoms with E-state index in [2.05, 4.69) is 48.4 Å². The van der Waals surface area contributed by atoms with Crippen LogP contribution in [0, 0.1) is 5.82 Å². The maximum Gasteiger partial charge on any atom is 0.206 e. The minimum atomic E-state index is -3.75. The zero-order valence-electron chi connectivity index (χ0n) is 29.6. The third-order valence-corrected chi connectivity index (χ3v) is 14.8. The van der Waals surface area contributed by atoms with Crippen LogP contribution < -0.4 is 20.4 Å². The molecule has 0 amide bonds. The van der Waals surface area contributed by atoms with Gasteiger partial charge in [-0.25, -0.2) is 21.2 Å². The van der Waals surface area contributed by atoms with Gasteiger partial charge in [0.2, 0.25) is 19.7 Å². The molecule has 2 unspecified atom stereocenters. The number of anilines is 2. The highest BCUT2D eigenvalue weighted by molar-refractivity contribution is 7.91. The van der Waals surface area contributed by atoms with Crippen LogP contribution in [0.25, 0.3) is 0 Å². The second kappa shape index (κ2) is 14.0. The van der Waals surface area contributed by atoms with Gasteiger partial charge in [-0.05, 0) is 130 Å². The normalized spacial score (nSPS) is 25.7. The Labute approximate surface area is 301 Å². The molecule has 51 heavy (non-hydrogen) atoms. The lowest BCUT2D eigenvalue weighted by atomic mass is 9.88. The van der Waals surface area contributed by atoms with Gasteiger partial charge < -0.3 is 20.4 Å². The third kappa shape index (κ3) is 6.69. The first-order valence-electron chi connectivity index (χ1n) is 17.9. The van der Waals surface area contributed by atoms with E-state index in [1.807, 2.05) is 24.3 Å². The van der Waals surface area contributed by atoms with E-state index in [1.54, 1.807) is 42.5 Å². The number of benzene rings is 4. The van der Waals surface area contributed by atoms with Gasteiger partial charge in [-0.3, -0.25) is 0 Å². The average molecular weight is 731 g/mol. The van der Waals surface area contributed by atoms with Gasteiger partial charge in [-0.15, -0.1) is 0 Å². The number of hydrogen-bond acceptors (Lipinski definition) is 8. The summed E-state index contributed by atoms with van der Waals surface area (Å²) in [7, 11) is -2.99. The molecule has 0 bridgehead atoms. The Hall–Kier alpha value is -3.77. The summed E-state index contributed by atoms with van der Waals surface area (Å²) in [5.41, 5.74) is 4.55. The topological polar surface area (TPSA) is 98.8 Å². The fourth-order valence-corrected chi connectivity index (χ4v) is 11.4. The van der Waals surface area contributed by atoms with E-state index in [0.717, 1.165) is 56.1 Å². The quantitative estimate of drug-likeness (QED) is 0.245. The molecule has 2 N–H and O–H groups in total. The molecular weight excluding hydrogens is 684 g/mol. The Morgan fingerprint density at radius 3 is 1.82 bits per heavy atom. The molecule has 8 rings (SSSR count). The standard InChI is InChI=1S/C21H25FN2O2S.C19H22N2O2S/c1-13-9-18-19-12-17(27(25,26)16-6-4-5-15(22)11-16)7-8-20(19)24(3)21(18)10-14(2)23-13;1-21-18-8-7-15(24(22,23)14-5-3-2-4-6-14)13-17(18)16-9-11-20-12-10-19(16)21/h4-8,11-14,18,21,23H,9-10H2,1-3H3;2-8,13,16,19-20H,9-12H2,1H3/t13?,14?,18-,21-;16-,19-/m11/s1. The van der Waals surface area contributed by atoms with Crippen LogP contribution in [-0.2, 0) is 19.7 Å². The van der Waals surface area contributed by atoms with E-state index in [1.165, 1.54) is 29.4 Å². The number of fused-ring (bicyclic) bond motifs is 6. The molecule has 6 atom stereocenters. The van der Waals surface area contributed by atoms with Crippen LogP contribution in [0.2, 0.25) is 0 Å². The first kappa shape index (κ1) is 35.6. The maximum absolute atomic E-state index is 13.6. The molecule has 4 aromatic rings. The van der Waals surface area contributed by atoms with Crippen molar-refractivity contribution in [3.8, 4) is 0 Å². The van der Waals surface area contributed by atoms with Crippen LogP contribution in [0.15, 0.2) is 111 Å². The molecule has 2 fully saturated rings. The van der Waals surface area contributed by atoms with Crippen molar-refractivity contribution in [2.24, 2.45) is 0 Å². The molecule has 0 saturated carbocycles. The Morgan fingerprint density at radius 2 is 1.16 bits per heavy atom. The Bertz CT molecular complexity index is 2130. The fraction of sp³-hybridized carbons (Fsp3) is 0.400. The van der Waals surface area contributed by atoms with E-state index in [0.29, 0.717) is 45.8 Å². The molecule has 0 aliphatic carbocycles. The number of nitrogens with zero attached hydrogens (tertiary/aromatic N) is 2. The molecule has 11 heteroatoms. The van der Waals surface area contributed by atoms with Crippen molar-refractivity contribution in [1.29, 1.82) is 0 Å². The molecule has 0 aromatic heterocycles. The summed E-state index contributed by atoms with van der Waals surface area (Å²) in [5.74, 6) is 0.153. The van der Waals surface area contributed by atoms with E-state index in [-0.39, 0.29) is 9.79 Å². The summed E-state index contributed by atoms with van der Waals surface area (Å²) in [6, 6.07) is 26.5. The van der Waals surface area contributed by atoms with Crippen LogP contribution >= 0.6 is 0 Å². The van der Waals surface area contributed by atoms with Crippen molar-refractivity contribution >= 4 is 31.0 Å². The van der Waals surface area contributed by atoms with Gasteiger partial charge in [-0.1, -0.05) is 24.3 Å². The van der Waals surface area contributed by atoms with E-state index >= 15 is 0 Å². The molecular formula is C40H47FN4O4S2. The number of rotatable bonds is 4. The average Bonchev–Trinajstić information content (AvgIpc) is 3.31. The van der Waals surface area contributed by atoms with E-state index in [4.69, 9.17) is 0 Å². The zero-order chi connectivity index (χ0) is 36.1. The predicted octanol–water partition coefficient (Wildman–Crippen LogP) is 6.53. The summed E-state index contributed by atoms with van der Waals surface area (Å²) in [6.07, 6.45) is 4.13. The number of likely N-dealkylation sites (N-methyl/N-ethyl adjacent to an activating group) is 2. The van der Waals surface area contributed by atoms with E-state index < -0.39 is 25.5 Å². The highest BCUT2D eigenvalue weighted by atomic mass is 32.2. The zero-order valence-corrected chi connectivity index (χ0v) is 31.2. The molecule has 270 valence electrons. The Balaban J connectivity index is 0.000000160. The minimum Gasteiger partial charge on any atom is -0.371 e. The highest BCUT2D eigenvalue weighted by Crippen LogP contribution is 2.47. The van der Waals surface area contributed by atoms with Crippen LogP contribution in [-0.4, -0.2) is 68.2 Å². The lowest BCUT2D eigenvalue weighted by Crippen LogP contribution is -2.36. The number of nitrogens with one attached hydrogen (secondary N) is 2. The molecule has 4 aromatic carbocycles. The first-order chi connectivity index (χ1) is 24.4. The van der Waals surface area contributed by atoms with Crippen molar-refractivity contribution in [3.05, 3.63) is 108 Å². The summed E-state index contributed by atoms with van der Waals surface area (Å²) in [6.45, 7) is 6.40. The summed E-state index contributed by atoms with van der Waals surface area (Å²) in [5, 5.41) is 7.06. The molecule has 0 radical (unpaired) electrons. The second-order valence-corrected chi connectivity index (χ2v) is 18.5. The van der Waals surface area contributed by atoms with Gasteiger partial charge in [0.25, 0.3) is 0 Å². The molecule has 4 heterocycles. The molecule has 0 spiro atoms. The van der Waals surface area contributed by atoms with Crippen molar-refractivity contribution in [2.75, 3.05) is 37.0 Å². The van der Waals surface area contributed by atoms with Crippen LogP contribution in [0.4, 0.5) is 15.8 Å². The summed E-state index contributed by atoms with van der Waals surface area (Å²) in [4.78, 5) is 5.60. The smallest absolute Gasteiger partial charge is 0.206 e. The number of hydrogen-bond donors (Lipinski definition) is 2. The van der Waals surface area contributed by atoms with Crippen molar-refractivity contribution in [1.82, 2.24) is 10.6 Å². The largest absolute Gasteiger partial charge is 0.371 e. The van der Waals surface area contributed by atoms with Gasteiger partial charge in [0.05, 0.1) is 19.6 Å². The van der Waals surface area contributed by atoms with Gasteiger partial charge in [0, 0.05) is 61.5 Å². The van der Waals surface area contributed by atoms with Crippen LogP contribution in [0.1, 0.15) is 62.5 Å². The minimum absolute atomic E-state index is 0.00475. The lowest BCUT2D eigenvalue weighted by molar-refractivity contribution is 0.466. The summed E-state index contributed by atoms with van der Waals surface area (Å²) >= 11 is 0. The number of halogens is 1. The Morgan fingerprint density at radius 1 is 0.608 bits per heavy atom. The van der Waals surface area contributed by atoms with Crippen molar-refractivity contribution in [2.45, 2.75) is 95.1 Å². The predicted molar refractivity (Wildman–Crippen MR) is 200 cm³/mol. The van der Waals surface area contributed by atoms with Crippen LogP contribution in [0.5, 0.6) is 0 Å². The fourth-order valence-electron chi connectivity index (χ4n) is 8.80. The summed E-state index contributed by atoms with van der Waals surface area (Å²) < 4.78 is 65.4. The number of sulfone groups is 2. The maximum atomic E-state index is 13.6. The lowest BCUT2D eigenvalue weighted by Gasteiger charge is -2.26. The van der Waals surface area contributed by atoms with Gasteiger partial charge >= 0.3 is 0 Å². The van der Waals surface area contributed by atoms with Gasteiger partial charge in [0.1, 0.15) is 5.82 Å². The van der Waals surface area contributed by atoms with Crippen LogP contribution in [0.3, 0.4) is 0 Å². The Kier molecular flexibility index (Phi) is 9.77. The molecule has 2 saturated heterocycles. The van der Waals surface area contributed by atoms with Gasteiger partial charge in [0.15, 0.2) is 0 Å². The second-order valence-electron chi connectivity index (χ2n) is 14.6. The monoisotopic (exact) mass is 730 g/mol. The molecule has 4 aliphatic rings. The molecule has 4 aliphatic heterocycles. The molecule has 8 nitrogen and oxygen atoms in total. The van der Waals surface area contributed by atoms with E-state index in [9.17, 15) is 21.2 Å². The van der Waals surface area contributed by atoms with Crippen molar-refractivity contribution < 1.29 is 21.2 Å². The third-order valence-electron chi connectivity index (χ3n) is 11.3. The SMILES string of the molecule is CC1C[C@@H]2c3cc(S(=O)(=O)c4cccc(F)c4)ccc3N(C)[C@@H]2CC(C)N1.CN1c2ccc(S(=O)(=O)c3ccccc3)cc2[C@H]2CCNCC[C@H]21. The van der Waals surface area contributed by atoms with Gasteiger partial charge in [-0.2, -0.15) is 0 Å². The highest BCUT2D eigenvalue weighted by Gasteiger charge is 2.41. The van der Waals surface area contributed by atoms with Crippen molar-refractivity contribution in [3.63, 3.8) is 0 Å². The first-order valence-corrected chi connectivity index (χ1v) is 20.8.